The number of thioether (sulfide) groups is 1. The summed E-state index contributed by atoms with van der Waals surface area (Å²) in [6.45, 7) is 1.52. The van der Waals surface area contributed by atoms with Crippen molar-refractivity contribution in [3.05, 3.63) is 51.7 Å². The van der Waals surface area contributed by atoms with Gasteiger partial charge in [0, 0.05) is 10.6 Å². The number of nitrogens with one attached hydrogen (secondary N) is 1. The quantitative estimate of drug-likeness (QED) is 0.873. The van der Waals surface area contributed by atoms with Gasteiger partial charge in [-0.2, -0.15) is 0 Å². The smallest absolute Gasteiger partial charge is 0.261 e. The molecular weight excluding hydrogens is 302 g/mol. The van der Waals surface area contributed by atoms with Gasteiger partial charge in [-0.05, 0) is 37.1 Å². The minimum Gasteiger partial charge on any atom is -0.344 e. The predicted octanol–water partition coefficient (Wildman–Crippen LogP) is 3.92. The summed E-state index contributed by atoms with van der Waals surface area (Å²) < 4.78 is 0. The van der Waals surface area contributed by atoms with Crippen LogP contribution < -0.4 is 5.32 Å². The minimum absolute atomic E-state index is 0.00142. The highest BCUT2D eigenvalue weighted by molar-refractivity contribution is 7.99. The monoisotopic (exact) mass is 317 g/mol. The van der Waals surface area contributed by atoms with Crippen LogP contribution in [0, 0.1) is 0 Å². The van der Waals surface area contributed by atoms with Crippen LogP contribution in [0.2, 0.25) is 0 Å². The minimum atomic E-state index is -0.0980. The number of Topliss-reactive ketones (excluding diaryl/α,β-unsaturated/α-hetero) is 1. The number of fused-ring (bicyclic) bond motifs is 1. The molecule has 1 aliphatic rings. The summed E-state index contributed by atoms with van der Waals surface area (Å²) >= 11 is 3.08. The summed E-state index contributed by atoms with van der Waals surface area (Å²) in [7, 11) is 0. The molecule has 1 aromatic carbocycles. The molecule has 0 fully saturated rings. The van der Waals surface area contributed by atoms with E-state index in [1.54, 1.807) is 12.1 Å². The van der Waals surface area contributed by atoms with Gasteiger partial charge in [0.15, 0.2) is 5.78 Å². The van der Waals surface area contributed by atoms with Crippen molar-refractivity contribution >= 4 is 34.8 Å². The van der Waals surface area contributed by atoms with E-state index in [1.807, 2.05) is 23.9 Å². The van der Waals surface area contributed by atoms with Crippen LogP contribution in [-0.2, 0) is 0 Å². The maximum Gasteiger partial charge on any atom is 0.261 e. The fraction of sp³-hybridized carbons (Fsp3) is 0.250. The van der Waals surface area contributed by atoms with Crippen molar-refractivity contribution < 1.29 is 9.59 Å². The van der Waals surface area contributed by atoms with E-state index in [4.69, 9.17) is 0 Å². The predicted molar refractivity (Wildman–Crippen MR) is 86.3 cm³/mol. The van der Waals surface area contributed by atoms with Crippen molar-refractivity contribution in [1.82, 2.24) is 5.32 Å². The molecule has 0 radical (unpaired) electrons. The van der Waals surface area contributed by atoms with Crippen molar-refractivity contribution in [3.63, 3.8) is 0 Å². The summed E-state index contributed by atoms with van der Waals surface area (Å²) in [6.07, 6.45) is 0.929. The van der Waals surface area contributed by atoms with E-state index in [-0.39, 0.29) is 17.7 Å². The van der Waals surface area contributed by atoms with Crippen molar-refractivity contribution in [2.45, 2.75) is 24.3 Å². The average Bonchev–Trinajstić information content (AvgIpc) is 2.98. The van der Waals surface area contributed by atoms with Gasteiger partial charge in [0.1, 0.15) is 0 Å². The molecule has 1 aliphatic heterocycles. The number of hydrogen-bond donors (Lipinski definition) is 1. The van der Waals surface area contributed by atoms with Gasteiger partial charge in [-0.3, -0.25) is 9.59 Å². The van der Waals surface area contributed by atoms with E-state index in [1.165, 1.54) is 28.7 Å². The van der Waals surface area contributed by atoms with E-state index >= 15 is 0 Å². The average molecular weight is 317 g/mol. The molecule has 0 saturated heterocycles. The molecule has 1 N–H and O–H groups in total. The van der Waals surface area contributed by atoms with Crippen LogP contribution in [0.25, 0.3) is 0 Å². The molecule has 0 bridgehead atoms. The van der Waals surface area contributed by atoms with E-state index in [2.05, 4.69) is 17.4 Å². The van der Waals surface area contributed by atoms with Gasteiger partial charge in [0.25, 0.3) is 5.91 Å². The zero-order chi connectivity index (χ0) is 14.8. The van der Waals surface area contributed by atoms with Gasteiger partial charge < -0.3 is 5.32 Å². The lowest BCUT2D eigenvalue weighted by molar-refractivity contribution is 0.0938. The fourth-order valence-electron chi connectivity index (χ4n) is 2.37. The summed E-state index contributed by atoms with van der Waals surface area (Å²) in [5, 5.41) is 3.09. The first-order valence-corrected chi connectivity index (χ1v) is 8.59. The first kappa shape index (κ1) is 14.4. The highest BCUT2D eigenvalue weighted by atomic mass is 32.2. The molecule has 0 spiro atoms. The molecule has 21 heavy (non-hydrogen) atoms. The fourth-order valence-corrected chi connectivity index (χ4v) is 4.30. The number of ketones is 1. The van der Waals surface area contributed by atoms with Crippen molar-refractivity contribution in [1.29, 1.82) is 0 Å². The Kier molecular flexibility index (Phi) is 4.12. The van der Waals surface area contributed by atoms with Crippen LogP contribution >= 0.6 is 23.1 Å². The molecule has 3 nitrogen and oxygen atoms in total. The second-order valence-electron chi connectivity index (χ2n) is 4.92. The number of amides is 1. The highest BCUT2D eigenvalue weighted by Crippen LogP contribution is 2.36. The molecule has 0 aliphatic carbocycles. The Hall–Kier alpha value is -1.59. The Labute approximate surface area is 131 Å². The molecule has 3 rings (SSSR count). The molecule has 2 heterocycles. The molecule has 1 amide bonds. The number of rotatable bonds is 3. The molecule has 1 aromatic heterocycles. The molecule has 108 valence electrons. The third-order valence-corrected chi connectivity index (χ3v) is 5.75. The number of carbonyl (C=O) groups is 2. The van der Waals surface area contributed by atoms with Crippen LogP contribution in [0.1, 0.15) is 44.3 Å². The summed E-state index contributed by atoms with van der Waals surface area (Å²) in [6, 6.07) is 11.7. The van der Waals surface area contributed by atoms with Crippen molar-refractivity contribution in [2.75, 3.05) is 5.75 Å². The Morgan fingerprint density at radius 3 is 2.67 bits per heavy atom. The molecular formula is C16H15NO2S2. The topological polar surface area (TPSA) is 46.2 Å². The standard InChI is InChI=1S/C16H15NO2S2/c1-10(18)13-6-7-15(21-13)16(19)17-12-8-9-20-14-5-3-2-4-11(12)14/h2-7,12H,8-9H2,1H3,(H,17,19). The highest BCUT2D eigenvalue weighted by Gasteiger charge is 2.23. The van der Waals surface area contributed by atoms with Crippen LogP contribution in [0.5, 0.6) is 0 Å². The summed E-state index contributed by atoms with van der Waals surface area (Å²) in [5.41, 5.74) is 1.19. The van der Waals surface area contributed by atoms with E-state index in [0.717, 1.165) is 12.2 Å². The second kappa shape index (κ2) is 6.03. The van der Waals surface area contributed by atoms with Gasteiger partial charge in [-0.15, -0.1) is 23.1 Å². The lowest BCUT2D eigenvalue weighted by atomic mass is 10.0. The zero-order valence-electron chi connectivity index (χ0n) is 11.6. The third kappa shape index (κ3) is 3.04. The van der Waals surface area contributed by atoms with E-state index < -0.39 is 0 Å². The molecule has 1 atom stereocenters. The van der Waals surface area contributed by atoms with Crippen LogP contribution in [0.15, 0.2) is 41.3 Å². The number of hydrogen-bond acceptors (Lipinski definition) is 4. The number of benzene rings is 1. The van der Waals surface area contributed by atoms with E-state index in [0.29, 0.717) is 9.75 Å². The Morgan fingerprint density at radius 2 is 1.90 bits per heavy atom. The second-order valence-corrected chi connectivity index (χ2v) is 7.14. The van der Waals surface area contributed by atoms with E-state index in [9.17, 15) is 9.59 Å². The number of thiophene rings is 1. The van der Waals surface area contributed by atoms with Crippen molar-refractivity contribution in [2.24, 2.45) is 0 Å². The van der Waals surface area contributed by atoms with Gasteiger partial charge >= 0.3 is 0 Å². The first-order chi connectivity index (χ1) is 10.1. The maximum atomic E-state index is 12.3. The molecule has 0 saturated carbocycles. The summed E-state index contributed by atoms with van der Waals surface area (Å²) in [5.74, 6) is 0.906. The Bertz CT molecular complexity index is 693. The molecule has 5 heteroatoms. The van der Waals surface area contributed by atoms with Gasteiger partial charge in [0.2, 0.25) is 0 Å². The first-order valence-electron chi connectivity index (χ1n) is 6.78. The SMILES string of the molecule is CC(=O)c1ccc(C(=O)NC2CCSc3ccccc32)s1. The zero-order valence-corrected chi connectivity index (χ0v) is 13.2. The Morgan fingerprint density at radius 1 is 1.14 bits per heavy atom. The van der Waals surface area contributed by atoms with Crippen LogP contribution in [-0.4, -0.2) is 17.4 Å². The maximum absolute atomic E-state index is 12.3. The van der Waals surface area contributed by atoms with Gasteiger partial charge in [-0.1, -0.05) is 18.2 Å². The molecule has 2 aromatic rings. The third-order valence-electron chi connectivity index (χ3n) is 3.44. The number of carbonyl (C=O) groups excluding carboxylic acids is 2. The van der Waals surface area contributed by atoms with Crippen LogP contribution in [0.3, 0.4) is 0 Å². The van der Waals surface area contributed by atoms with Gasteiger partial charge in [-0.25, -0.2) is 0 Å². The lowest BCUT2D eigenvalue weighted by Crippen LogP contribution is -2.30. The van der Waals surface area contributed by atoms with Crippen LogP contribution in [0.4, 0.5) is 0 Å². The van der Waals surface area contributed by atoms with Gasteiger partial charge in [0.05, 0.1) is 15.8 Å². The Balaban J connectivity index is 1.77. The normalized spacial score (nSPS) is 17.1. The lowest BCUT2D eigenvalue weighted by Gasteiger charge is -2.25. The van der Waals surface area contributed by atoms with Crippen molar-refractivity contribution in [3.8, 4) is 0 Å². The molecule has 1 unspecified atom stereocenters. The summed E-state index contributed by atoms with van der Waals surface area (Å²) in [4.78, 5) is 26.1. The largest absolute Gasteiger partial charge is 0.344 e.